The van der Waals surface area contributed by atoms with Crippen molar-refractivity contribution in [3.05, 3.63) is 0 Å². The Bertz CT molecular complexity index is 490. The predicted octanol–water partition coefficient (Wildman–Crippen LogP) is 2.73. The van der Waals surface area contributed by atoms with E-state index in [1.54, 1.807) is 20.8 Å². The maximum atomic E-state index is 13.5. The van der Waals surface area contributed by atoms with Crippen LogP contribution in [0, 0.1) is 5.41 Å². The van der Waals surface area contributed by atoms with Gasteiger partial charge in [0.2, 0.25) is 0 Å². The molecule has 0 aromatic heterocycles. The van der Waals surface area contributed by atoms with Crippen molar-refractivity contribution in [1.29, 1.82) is 0 Å². The second kappa shape index (κ2) is 9.00. The van der Waals surface area contributed by atoms with Gasteiger partial charge in [-0.1, -0.05) is 6.92 Å². The lowest BCUT2D eigenvalue weighted by Crippen LogP contribution is -2.42. The van der Waals surface area contributed by atoms with E-state index in [0.29, 0.717) is 6.42 Å². The molecule has 0 aliphatic heterocycles. The Kier molecular flexibility index (Phi) is 8.33. The third-order valence-electron chi connectivity index (χ3n) is 3.30. The molecular weight excluding hydrogens is 352 g/mol. The Morgan fingerprint density at radius 2 is 1.16 bits per heavy atom. The smallest absolute Gasteiger partial charge is 0.377 e. The van der Waals surface area contributed by atoms with Crippen LogP contribution in [0.2, 0.25) is 0 Å². The maximum Gasteiger partial charge on any atom is 0.377 e. The van der Waals surface area contributed by atoms with Gasteiger partial charge in [0.25, 0.3) is 0 Å². The van der Waals surface area contributed by atoms with Crippen molar-refractivity contribution in [3.63, 3.8) is 0 Å². The fourth-order valence-corrected chi connectivity index (χ4v) is 1.37. The summed E-state index contributed by atoms with van der Waals surface area (Å²) in [7, 11) is 0. The van der Waals surface area contributed by atoms with E-state index < -0.39 is 61.4 Å². The maximum absolute atomic E-state index is 13.5. The molecule has 0 aliphatic carbocycles. The molecule has 0 saturated heterocycles. The number of rotatable bonds is 10. The lowest BCUT2D eigenvalue weighted by molar-refractivity contribution is -0.197. The zero-order valence-corrected chi connectivity index (χ0v) is 14.5. The van der Waals surface area contributed by atoms with Crippen molar-refractivity contribution in [3.8, 4) is 0 Å². The third-order valence-corrected chi connectivity index (χ3v) is 3.30. The Balaban J connectivity index is 4.50. The summed E-state index contributed by atoms with van der Waals surface area (Å²) in [6.07, 6.45) is -1.91. The fraction of sp³-hybridized carbons (Fsp3) is 0.800. The van der Waals surface area contributed by atoms with Gasteiger partial charge in [-0.3, -0.25) is 4.79 Å². The molecule has 10 heteroatoms. The molecule has 0 amide bonds. The summed E-state index contributed by atoms with van der Waals surface area (Å²) in [6.45, 7) is 4.51. The lowest BCUT2D eigenvalue weighted by atomic mass is 9.91. The Morgan fingerprint density at radius 1 is 0.760 bits per heavy atom. The Morgan fingerprint density at radius 3 is 1.56 bits per heavy atom. The second-order valence-corrected chi connectivity index (χ2v) is 5.82. The van der Waals surface area contributed by atoms with Gasteiger partial charge in [0.05, 0.1) is 18.4 Å². The number of hydrogen-bond acceptors (Lipinski definition) is 6. The van der Waals surface area contributed by atoms with Gasteiger partial charge in [-0.15, -0.1) is 0 Å². The van der Waals surface area contributed by atoms with Crippen LogP contribution in [0.15, 0.2) is 0 Å². The zero-order chi connectivity index (χ0) is 19.9. The van der Waals surface area contributed by atoms with E-state index >= 15 is 0 Å². The number of carbonyl (C=O) groups excluding carboxylic acids is 3. The largest absolute Gasteiger partial charge is 0.462 e. The number of halogens is 4. The van der Waals surface area contributed by atoms with E-state index in [1.807, 2.05) is 0 Å². The van der Waals surface area contributed by atoms with Gasteiger partial charge in [0.1, 0.15) is 13.2 Å². The van der Waals surface area contributed by atoms with Crippen molar-refractivity contribution < 1.29 is 46.2 Å². The van der Waals surface area contributed by atoms with Crippen LogP contribution in [0.25, 0.3) is 0 Å². The number of hydrogen-bond donors (Lipinski definition) is 0. The monoisotopic (exact) mass is 374 g/mol. The highest BCUT2D eigenvalue weighted by molar-refractivity contribution is 5.82. The molecule has 0 fully saturated rings. The van der Waals surface area contributed by atoms with Gasteiger partial charge < -0.3 is 14.2 Å². The van der Waals surface area contributed by atoms with Gasteiger partial charge in [0.15, 0.2) is 0 Å². The standard InChI is InChI=1S/C15H22F4O6/c1-5-13(3,4)10(20)24-7-8-25-12(22)15(18,19)9-14(16,17)11(21)23-6-2/h5-9H2,1-4H3. The molecule has 0 aliphatic rings. The van der Waals surface area contributed by atoms with Gasteiger partial charge in [-0.05, 0) is 27.2 Å². The molecule has 0 aromatic rings. The van der Waals surface area contributed by atoms with Gasteiger partial charge in [-0.25, -0.2) is 9.59 Å². The normalized spacial score (nSPS) is 12.5. The number of ether oxygens (including phenoxy) is 3. The molecule has 146 valence electrons. The highest BCUT2D eigenvalue weighted by Gasteiger charge is 2.54. The first kappa shape index (κ1) is 23.1. The first-order valence-corrected chi connectivity index (χ1v) is 7.57. The second-order valence-electron chi connectivity index (χ2n) is 5.82. The average molecular weight is 374 g/mol. The molecule has 0 bridgehead atoms. The molecule has 0 heterocycles. The molecule has 0 atom stereocenters. The van der Waals surface area contributed by atoms with E-state index in [-0.39, 0.29) is 0 Å². The summed E-state index contributed by atoms with van der Waals surface area (Å²) in [6, 6.07) is 0. The summed E-state index contributed by atoms with van der Waals surface area (Å²) in [4.78, 5) is 33.7. The van der Waals surface area contributed by atoms with Crippen LogP contribution in [-0.2, 0) is 28.6 Å². The SMILES string of the molecule is CCOC(=O)C(F)(F)CC(F)(F)C(=O)OCCOC(=O)C(C)(C)CC. The number of alkyl halides is 4. The van der Waals surface area contributed by atoms with Crippen LogP contribution in [0.3, 0.4) is 0 Å². The summed E-state index contributed by atoms with van der Waals surface area (Å²) in [5.41, 5.74) is -0.796. The minimum atomic E-state index is -4.61. The van der Waals surface area contributed by atoms with Crippen LogP contribution in [-0.4, -0.2) is 49.6 Å². The molecule has 0 spiro atoms. The topological polar surface area (TPSA) is 78.9 Å². The Hall–Kier alpha value is -1.87. The zero-order valence-electron chi connectivity index (χ0n) is 14.5. The summed E-state index contributed by atoms with van der Waals surface area (Å²) in [5.74, 6) is -14.2. The van der Waals surface area contributed by atoms with E-state index in [9.17, 15) is 31.9 Å². The van der Waals surface area contributed by atoms with Gasteiger partial charge in [-0.2, -0.15) is 17.6 Å². The average Bonchev–Trinajstić information content (AvgIpc) is 2.50. The first-order valence-electron chi connectivity index (χ1n) is 7.57. The van der Waals surface area contributed by atoms with Crippen molar-refractivity contribution in [2.24, 2.45) is 5.41 Å². The molecule has 25 heavy (non-hydrogen) atoms. The van der Waals surface area contributed by atoms with Crippen LogP contribution in [0.4, 0.5) is 17.6 Å². The molecule has 0 unspecified atom stereocenters. The summed E-state index contributed by atoms with van der Waals surface area (Å²) >= 11 is 0. The van der Waals surface area contributed by atoms with Crippen LogP contribution in [0.5, 0.6) is 0 Å². The molecule has 6 nitrogen and oxygen atoms in total. The number of esters is 3. The molecule has 0 N–H and O–H groups in total. The highest BCUT2D eigenvalue weighted by atomic mass is 19.3. The van der Waals surface area contributed by atoms with Crippen molar-refractivity contribution in [2.75, 3.05) is 19.8 Å². The van der Waals surface area contributed by atoms with Crippen LogP contribution >= 0.6 is 0 Å². The molecule has 0 aromatic carbocycles. The van der Waals surface area contributed by atoms with Gasteiger partial charge >= 0.3 is 29.8 Å². The van der Waals surface area contributed by atoms with Gasteiger partial charge in [0, 0.05) is 0 Å². The predicted molar refractivity (Wildman–Crippen MR) is 77.1 cm³/mol. The minimum absolute atomic E-state index is 0.427. The lowest BCUT2D eigenvalue weighted by Gasteiger charge is -2.21. The number of carbonyl (C=O) groups is 3. The van der Waals surface area contributed by atoms with Crippen molar-refractivity contribution >= 4 is 17.9 Å². The quantitative estimate of drug-likeness (QED) is 0.253. The third kappa shape index (κ3) is 7.27. The van der Waals surface area contributed by atoms with E-state index in [1.165, 1.54) is 6.92 Å². The van der Waals surface area contributed by atoms with E-state index in [4.69, 9.17) is 4.74 Å². The van der Waals surface area contributed by atoms with Crippen molar-refractivity contribution in [1.82, 2.24) is 0 Å². The Labute approximate surface area is 142 Å². The summed E-state index contributed by atoms with van der Waals surface area (Å²) < 4.78 is 66.4. The highest BCUT2D eigenvalue weighted by Crippen LogP contribution is 2.32. The summed E-state index contributed by atoms with van der Waals surface area (Å²) in [5, 5.41) is 0. The van der Waals surface area contributed by atoms with Crippen LogP contribution in [0.1, 0.15) is 40.5 Å². The molecular formula is C15H22F4O6. The van der Waals surface area contributed by atoms with E-state index in [2.05, 4.69) is 9.47 Å². The van der Waals surface area contributed by atoms with E-state index in [0.717, 1.165) is 0 Å². The fourth-order valence-electron chi connectivity index (χ4n) is 1.37. The van der Waals surface area contributed by atoms with Crippen LogP contribution < -0.4 is 0 Å². The molecule has 0 saturated carbocycles. The van der Waals surface area contributed by atoms with Crippen molar-refractivity contribution in [2.45, 2.75) is 52.4 Å². The molecule has 0 rings (SSSR count). The minimum Gasteiger partial charge on any atom is -0.462 e. The molecule has 0 radical (unpaired) electrons. The first-order chi connectivity index (χ1) is 11.3.